The Hall–Kier alpha value is -5.25. The topological polar surface area (TPSA) is 149 Å². The molecule has 3 aliphatic rings. The number of H-pyrrole nitrogens is 3. The maximum absolute atomic E-state index is 14.3. The summed E-state index contributed by atoms with van der Waals surface area (Å²) in [6.07, 6.45) is 14.2. The number of carbonyl (C=O) groups excluding carboxylic acids is 3. The number of fused-ring (bicyclic) bond motifs is 8. The fourth-order valence-electron chi connectivity index (χ4n) is 8.34. The van der Waals surface area contributed by atoms with Crippen LogP contribution in [0.4, 0.5) is 0 Å². The van der Waals surface area contributed by atoms with Crippen molar-refractivity contribution in [2.75, 3.05) is 13.7 Å². The van der Waals surface area contributed by atoms with Crippen molar-refractivity contribution in [2.45, 2.75) is 79.7 Å². The third-order valence-electron chi connectivity index (χ3n) is 11.2. The number of aliphatic hydroxyl groups excluding tert-OH is 1. The fourth-order valence-corrected chi connectivity index (χ4v) is 8.34. The number of ether oxygens (including phenoxy) is 2. The molecule has 2 aliphatic heterocycles. The number of Topliss-reactive ketones (excluding diaryl/α,β-unsaturated/α-hetero) is 1. The van der Waals surface area contributed by atoms with Crippen molar-refractivity contribution in [3.63, 3.8) is 0 Å². The smallest absolute Gasteiger partial charge is 0.320 e. The van der Waals surface area contributed by atoms with Crippen LogP contribution in [0.3, 0.4) is 0 Å². The first-order valence-electron chi connectivity index (χ1n) is 18.2. The number of rotatable bonds is 10. The van der Waals surface area contributed by atoms with Crippen LogP contribution < -0.4 is 26.6 Å². The normalized spacial score (nSPS) is 23.3. The number of hydrogen-bond acceptors (Lipinski definition) is 7. The van der Waals surface area contributed by atoms with Gasteiger partial charge < -0.3 is 34.8 Å². The monoisotopic (exact) mass is 706 g/mol. The molecule has 6 rings (SSSR count). The van der Waals surface area contributed by atoms with Gasteiger partial charge in [0, 0.05) is 56.8 Å². The van der Waals surface area contributed by atoms with Gasteiger partial charge in [-0.15, -0.1) is 0 Å². The van der Waals surface area contributed by atoms with Gasteiger partial charge in [-0.1, -0.05) is 45.4 Å². The minimum Gasteiger partial charge on any atom is -0.515 e. The summed E-state index contributed by atoms with van der Waals surface area (Å²) in [4.78, 5) is 51.4. The van der Waals surface area contributed by atoms with Gasteiger partial charge >= 0.3 is 11.9 Å². The number of nitrogens with one attached hydrogen (secondary N) is 4. The molecule has 0 spiro atoms. The highest BCUT2D eigenvalue weighted by Gasteiger charge is 2.49. The number of ketones is 1. The van der Waals surface area contributed by atoms with Crippen LogP contribution in [-0.4, -0.2) is 57.5 Å². The molecule has 1 fully saturated rings. The molecule has 0 amide bonds. The number of esters is 2. The summed E-state index contributed by atoms with van der Waals surface area (Å²) >= 11 is 0. The van der Waals surface area contributed by atoms with Gasteiger partial charge in [-0.25, -0.2) is 0 Å². The average molecular weight is 707 g/mol. The van der Waals surface area contributed by atoms with E-state index in [4.69, 9.17) is 9.47 Å². The van der Waals surface area contributed by atoms with Gasteiger partial charge in [-0.3, -0.25) is 14.4 Å². The Bertz CT molecular complexity index is 2280. The van der Waals surface area contributed by atoms with Gasteiger partial charge in [0.1, 0.15) is 12.5 Å². The largest absolute Gasteiger partial charge is 0.515 e. The van der Waals surface area contributed by atoms with Gasteiger partial charge in [-0.05, 0) is 92.5 Å². The van der Waals surface area contributed by atoms with Crippen molar-refractivity contribution in [1.29, 1.82) is 0 Å². The molecule has 3 aromatic heterocycles. The summed E-state index contributed by atoms with van der Waals surface area (Å²) in [6.45, 7) is 16.5. The molecule has 0 aromatic carbocycles. The Morgan fingerprint density at radius 1 is 1.00 bits per heavy atom. The van der Waals surface area contributed by atoms with E-state index in [0.29, 0.717) is 34.5 Å². The molecule has 1 unspecified atom stereocenters. The number of allylic oxidation sites excluding steroid dienone is 2. The zero-order valence-corrected chi connectivity index (χ0v) is 31.2. The summed E-state index contributed by atoms with van der Waals surface area (Å²) in [7, 11) is 1.30. The molecular formula is C42H50N4O6. The van der Waals surface area contributed by atoms with E-state index in [9.17, 15) is 19.5 Å². The molecule has 0 radical (unpaired) electrons. The van der Waals surface area contributed by atoms with Crippen molar-refractivity contribution in [1.82, 2.24) is 20.3 Å². The van der Waals surface area contributed by atoms with Crippen LogP contribution in [0.15, 0.2) is 23.9 Å². The van der Waals surface area contributed by atoms with Crippen LogP contribution in [0, 0.1) is 31.6 Å². The van der Waals surface area contributed by atoms with Crippen LogP contribution in [0.2, 0.25) is 0 Å². The van der Waals surface area contributed by atoms with Gasteiger partial charge in [0.15, 0.2) is 5.78 Å². The number of methoxy groups -OCH3 is 1. The quantitative estimate of drug-likeness (QED) is 0.120. The molecule has 10 heteroatoms. The lowest BCUT2D eigenvalue weighted by Crippen LogP contribution is -2.38. The molecule has 10 nitrogen and oxygen atoms in total. The SMILES string of the molecule is C=Cc1c2[nH]c(c1C)/C=C1\NC(C3=c4[nH]/c(c(C)c4C(=O)[C@@H]3C(=O)OC)=C\c3[nH]c(/c(=C/O)c3CC)=C\2)[C@@H](CCC(=O)OC/C=C(/C)CCC)[C@@H]1C. The van der Waals surface area contributed by atoms with Crippen molar-refractivity contribution >= 4 is 53.9 Å². The van der Waals surface area contributed by atoms with E-state index in [0.717, 1.165) is 74.8 Å². The van der Waals surface area contributed by atoms with Crippen molar-refractivity contribution in [2.24, 2.45) is 17.8 Å². The Labute approximate surface area is 303 Å². The predicted octanol–water partition coefficient (Wildman–Crippen LogP) is 4.23. The predicted molar refractivity (Wildman–Crippen MR) is 204 cm³/mol. The molecular weight excluding hydrogens is 656 g/mol. The Morgan fingerprint density at radius 3 is 2.42 bits per heavy atom. The second-order valence-electron chi connectivity index (χ2n) is 14.2. The highest BCUT2D eigenvalue weighted by atomic mass is 16.5. The maximum atomic E-state index is 14.3. The van der Waals surface area contributed by atoms with Gasteiger partial charge in [0.25, 0.3) is 0 Å². The average Bonchev–Trinajstić information content (AvgIpc) is 3.87. The van der Waals surface area contributed by atoms with Crippen LogP contribution in [0.5, 0.6) is 0 Å². The fraction of sp³-hybridized carbons (Fsp3) is 0.405. The minimum absolute atomic E-state index is 0.0808. The molecule has 5 N–H and O–H groups in total. The first kappa shape index (κ1) is 36.5. The Balaban J connectivity index is 1.57. The van der Waals surface area contributed by atoms with Crippen LogP contribution in [0.1, 0.15) is 103 Å². The van der Waals surface area contributed by atoms with E-state index in [1.54, 1.807) is 0 Å². The van der Waals surface area contributed by atoms with Crippen LogP contribution in [-0.2, 0) is 25.5 Å². The highest BCUT2D eigenvalue weighted by molar-refractivity contribution is 6.19. The van der Waals surface area contributed by atoms with Gasteiger partial charge in [0.05, 0.1) is 30.1 Å². The first-order valence-corrected chi connectivity index (χ1v) is 18.2. The van der Waals surface area contributed by atoms with E-state index in [-0.39, 0.29) is 36.6 Å². The summed E-state index contributed by atoms with van der Waals surface area (Å²) in [5.41, 5.74) is 9.23. The van der Waals surface area contributed by atoms with E-state index >= 15 is 0 Å². The zero-order chi connectivity index (χ0) is 37.4. The molecule has 0 saturated carbocycles. The highest BCUT2D eigenvalue weighted by Crippen LogP contribution is 2.42. The number of aromatic nitrogens is 3. The van der Waals surface area contributed by atoms with Crippen molar-refractivity contribution in [3.05, 3.63) is 90.1 Å². The van der Waals surface area contributed by atoms with Gasteiger partial charge in [-0.2, -0.15) is 0 Å². The molecule has 3 aromatic rings. The minimum atomic E-state index is -1.14. The number of carbonyl (C=O) groups is 3. The lowest BCUT2D eigenvalue weighted by Gasteiger charge is -2.25. The summed E-state index contributed by atoms with van der Waals surface area (Å²) in [5.74, 6) is -2.61. The molecule has 1 saturated heterocycles. The number of aromatic amines is 3. The standard InChI is InChI=1S/C42H50N4O6/c1-9-12-21(4)15-16-52-35(48)14-13-27-23(6)30-17-29-22(5)25(10-2)32(43-29)19-34-28(20-47)26(11-3)33(44-34)18-31-24(7)36-40(46-31)37(39(27)45-30)38(41(36)49)42(50)51-8/h10,15,17-20,23,27,38-39,43-47H,2,9,11-14,16H2,1,3-8H3/b21-15-,28-20+,30-17-,31-18-,34-19-/t23-,27-,38+,39?/m0/s1. The van der Waals surface area contributed by atoms with E-state index in [1.165, 1.54) is 12.7 Å². The summed E-state index contributed by atoms with van der Waals surface area (Å²) < 4.78 is 10.9. The lowest BCUT2D eigenvalue weighted by molar-refractivity contribution is -0.143. The van der Waals surface area contributed by atoms with Crippen LogP contribution >= 0.6 is 0 Å². The molecule has 5 heterocycles. The lowest BCUT2D eigenvalue weighted by atomic mass is 9.80. The van der Waals surface area contributed by atoms with E-state index in [2.05, 4.69) is 46.8 Å². The second-order valence-corrected chi connectivity index (χ2v) is 14.2. The number of aliphatic hydroxyl groups is 1. The maximum Gasteiger partial charge on any atom is 0.320 e. The van der Waals surface area contributed by atoms with Crippen molar-refractivity contribution < 1.29 is 29.0 Å². The molecule has 8 bridgehead atoms. The first-order chi connectivity index (χ1) is 25.0. The second kappa shape index (κ2) is 14.8. The molecule has 52 heavy (non-hydrogen) atoms. The molecule has 4 atom stereocenters. The Kier molecular flexibility index (Phi) is 10.4. The summed E-state index contributed by atoms with van der Waals surface area (Å²) in [5, 5.41) is 16.9. The third kappa shape index (κ3) is 6.28. The van der Waals surface area contributed by atoms with Crippen molar-refractivity contribution in [3.8, 4) is 0 Å². The van der Waals surface area contributed by atoms with Gasteiger partial charge in [0.2, 0.25) is 0 Å². The van der Waals surface area contributed by atoms with Crippen LogP contribution in [0.25, 0.3) is 36.1 Å². The molecule has 274 valence electrons. The zero-order valence-electron chi connectivity index (χ0n) is 31.2. The van der Waals surface area contributed by atoms with E-state index < -0.39 is 17.9 Å². The summed E-state index contributed by atoms with van der Waals surface area (Å²) in [6, 6.07) is -0.465. The Morgan fingerprint density at radius 2 is 1.75 bits per heavy atom. The number of hydrogen-bond donors (Lipinski definition) is 5. The van der Waals surface area contributed by atoms with E-state index in [1.807, 2.05) is 52.0 Å². The molecule has 1 aliphatic carbocycles. The third-order valence-corrected chi connectivity index (χ3v) is 11.2.